The summed E-state index contributed by atoms with van der Waals surface area (Å²) in [7, 11) is -2.05. The van der Waals surface area contributed by atoms with E-state index in [1.165, 1.54) is 6.42 Å². The van der Waals surface area contributed by atoms with Crippen molar-refractivity contribution in [1.82, 2.24) is 0 Å². The Labute approximate surface area is 105 Å². The van der Waals surface area contributed by atoms with Gasteiger partial charge in [-0.2, -0.15) is 0 Å². The molecule has 14 heavy (non-hydrogen) atoms. The van der Waals surface area contributed by atoms with Crippen LogP contribution in [0.4, 0.5) is 0 Å². The summed E-state index contributed by atoms with van der Waals surface area (Å²) < 4.78 is 0. The van der Waals surface area contributed by atoms with Gasteiger partial charge in [-0.05, 0) is 6.42 Å². The monoisotopic (exact) mass is 218 g/mol. The molecule has 76 valence electrons. The third-order valence-corrected chi connectivity index (χ3v) is 7.06. The molecule has 0 heterocycles. The van der Waals surface area contributed by atoms with Gasteiger partial charge in [0.2, 0.25) is 0 Å². The molecule has 0 aromatic heterocycles. The molecule has 0 bridgehead atoms. The van der Waals surface area contributed by atoms with Crippen LogP contribution in [0.25, 0.3) is 0 Å². The summed E-state index contributed by atoms with van der Waals surface area (Å²) in [6.07, 6.45) is 6.23. The molecule has 0 atom stereocenters. The molecule has 0 aromatic carbocycles. The van der Waals surface area contributed by atoms with Crippen LogP contribution in [-0.2, 0) is 0 Å². The second-order valence-electron chi connectivity index (χ2n) is 6.03. The van der Waals surface area contributed by atoms with Crippen molar-refractivity contribution in [3.05, 3.63) is 22.5 Å². The Morgan fingerprint density at radius 3 is 1.71 bits per heavy atom. The van der Waals surface area contributed by atoms with E-state index < -0.39 is 16.1 Å². The fraction of sp³-hybridized carbons (Fsp3) is 0.636. The van der Waals surface area contributed by atoms with E-state index in [1.807, 2.05) is 0 Å². The van der Waals surface area contributed by atoms with Gasteiger partial charge in [-0.3, -0.25) is 0 Å². The van der Waals surface area contributed by atoms with E-state index in [1.54, 1.807) is 10.4 Å². The Balaban J connectivity index is 0. The average Bonchev–Trinajstić information content (AvgIpc) is 2.28. The van der Waals surface area contributed by atoms with Crippen molar-refractivity contribution in [3.63, 3.8) is 0 Å². The van der Waals surface area contributed by atoms with Crippen molar-refractivity contribution in [2.45, 2.75) is 45.7 Å². The summed E-state index contributed by atoms with van der Waals surface area (Å²) in [5.74, 6) is 0. The minimum absolute atomic E-state index is 0. The first-order chi connectivity index (χ1) is 5.71. The van der Waals surface area contributed by atoms with Gasteiger partial charge in [-0.25, -0.2) is 0 Å². The van der Waals surface area contributed by atoms with E-state index in [2.05, 4.69) is 51.4 Å². The molecule has 0 N–H and O–H groups in total. The third kappa shape index (κ3) is 3.58. The second-order valence-corrected chi connectivity index (χ2v) is 16.3. The van der Waals surface area contributed by atoms with Crippen molar-refractivity contribution in [2.75, 3.05) is 0 Å². The van der Waals surface area contributed by atoms with Crippen LogP contribution in [-0.4, -0.2) is 16.1 Å². The molecule has 0 aromatic rings. The fourth-order valence-corrected chi connectivity index (χ4v) is 4.34. The van der Waals surface area contributed by atoms with E-state index in [4.69, 9.17) is 0 Å². The number of allylic oxidation sites excluding steroid dienone is 4. The molecule has 0 nitrogen and oxygen atoms in total. The topological polar surface area (TPSA) is 0 Å². The summed E-state index contributed by atoms with van der Waals surface area (Å²) in [6.45, 7) is 14.6. The maximum atomic E-state index is 2.51. The summed E-state index contributed by atoms with van der Waals surface area (Å²) in [5, 5.41) is 3.41. The van der Waals surface area contributed by atoms with Crippen molar-refractivity contribution in [3.8, 4) is 0 Å². The summed E-state index contributed by atoms with van der Waals surface area (Å²) >= 11 is 0. The average molecular weight is 218 g/mol. The van der Waals surface area contributed by atoms with Gasteiger partial charge in [0.15, 0.2) is 0 Å². The maximum Gasteiger partial charge on any atom is 1.00 e. The van der Waals surface area contributed by atoms with E-state index in [0.717, 1.165) is 0 Å². The predicted octanol–water partition coefficient (Wildman–Crippen LogP) is 1.11. The Bertz CT molecular complexity index is 269. The van der Waals surface area contributed by atoms with Crippen LogP contribution >= 0.6 is 0 Å². The molecular formula is C11H23LiSi2. The van der Waals surface area contributed by atoms with Crippen LogP contribution in [0.2, 0.25) is 39.3 Å². The Morgan fingerprint density at radius 2 is 1.50 bits per heavy atom. The first kappa shape index (κ1) is 14.5. The van der Waals surface area contributed by atoms with Crippen molar-refractivity contribution in [2.24, 2.45) is 0 Å². The molecular weight excluding hydrogens is 195 g/mol. The standard InChI is InChI=1S/C11H22Si2.Li.H/c1-12(2,3)10-7-8-11(9-10)13(4,5)6;;/h7,9H,8H2,1-6H3;;/q;+1;-1. The molecule has 0 amide bonds. The Kier molecular flexibility index (Phi) is 4.74. The first-order valence-electron chi connectivity index (χ1n) is 5.13. The van der Waals surface area contributed by atoms with Gasteiger partial charge in [-0.15, -0.1) is 0 Å². The largest absolute Gasteiger partial charge is 1.00 e. The molecule has 0 radical (unpaired) electrons. The molecule has 0 saturated carbocycles. The van der Waals surface area contributed by atoms with Crippen LogP contribution in [0, 0.1) is 0 Å². The van der Waals surface area contributed by atoms with E-state index in [0.29, 0.717) is 0 Å². The van der Waals surface area contributed by atoms with Gasteiger partial charge >= 0.3 is 18.9 Å². The van der Waals surface area contributed by atoms with Crippen molar-refractivity contribution < 1.29 is 20.3 Å². The van der Waals surface area contributed by atoms with Gasteiger partial charge in [0.05, 0.1) is 16.1 Å². The first-order valence-corrected chi connectivity index (χ1v) is 12.1. The fourth-order valence-electron chi connectivity index (χ4n) is 1.57. The van der Waals surface area contributed by atoms with Crippen molar-refractivity contribution in [1.29, 1.82) is 0 Å². The summed E-state index contributed by atoms with van der Waals surface area (Å²) in [5.41, 5.74) is 0. The Morgan fingerprint density at radius 1 is 1.00 bits per heavy atom. The minimum atomic E-state index is -1.04. The van der Waals surface area contributed by atoms with E-state index in [9.17, 15) is 0 Å². The number of rotatable bonds is 2. The number of hydrogen-bond donors (Lipinski definition) is 0. The minimum Gasteiger partial charge on any atom is -1.00 e. The van der Waals surface area contributed by atoms with Crippen LogP contribution in [0.15, 0.2) is 22.5 Å². The number of hydrogen-bond acceptors (Lipinski definition) is 0. The van der Waals surface area contributed by atoms with Gasteiger partial charge in [0.25, 0.3) is 0 Å². The second kappa shape index (κ2) is 4.57. The SMILES string of the molecule is C[Si](C)(C)C1=CCC([Si](C)(C)C)=C1.[H-].[Li+]. The molecule has 0 fully saturated rings. The van der Waals surface area contributed by atoms with Crippen LogP contribution in [0.1, 0.15) is 7.85 Å². The van der Waals surface area contributed by atoms with Crippen LogP contribution in [0.5, 0.6) is 0 Å². The molecule has 0 spiro atoms. The molecule has 1 aliphatic carbocycles. The molecule has 0 saturated heterocycles. The normalized spacial score (nSPS) is 17.3. The molecule has 0 aliphatic heterocycles. The van der Waals surface area contributed by atoms with E-state index in [-0.39, 0.29) is 20.3 Å². The quantitative estimate of drug-likeness (QED) is 0.609. The zero-order valence-corrected chi connectivity index (χ0v) is 12.9. The smallest absolute Gasteiger partial charge is 1.00 e. The Hall–Kier alpha value is 0.511. The molecule has 0 unspecified atom stereocenters. The van der Waals surface area contributed by atoms with Crippen LogP contribution < -0.4 is 18.9 Å². The molecule has 3 heteroatoms. The maximum absolute atomic E-state index is 2.51. The molecule has 1 rings (SSSR count). The summed E-state index contributed by atoms with van der Waals surface area (Å²) in [4.78, 5) is 0. The van der Waals surface area contributed by atoms with Gasteiger partial charge in [0.1, 0.15) is 0 Å². The molecule has 1 aliphatic rings. The third-order valence-electron chi connectivity index (χ3n) is 2.70. The van der Waals surface area contributed by atoms with Crippen LogP contribution in [0.3, 0.4) is 0 Å². The van der Waals surface area contributed by atoms with Gasteiger partial charge in [0, 0.05) is 0 Å². The van der Waals surface area contributed by atoms with Crippen molar-refractivity contribution >= 4 is 16.1 Å². The zero-order chi connectivity index (χ0) is 10.3. The van der Waals surface area contributed by atoms with Gasteiger partial charge in [-0.1, -0.05) is 61.8 Å². The van der Waals surface area contributed by atoms with E-state index >= 15 is 0 Å². The van der Waals surface area contributed by atoms with Gasteiger partial charge < -0.3 is 1.43 Å². The predicted molar refractivity (Wildman–Crippen MR) is 68.6 cm³/mol. The summed E-state index contributed by atoms with van der Waals surface area (Å²) in [6, 6.07) is 0. The zero-order valence-electron chi connectivity index (χ0n) is 11.9.